The molecule has 0 radical (unpaired) electrons. The van der Waals surface area contributed by atoms with Crippen LogP contribution in [0.25, 0.3) is 0 Å². The van der Waals surface area contributed by atoms with Crippen LogP contribution >= 0.6 is 11.8 Å². The third-order valence-electron chi connectivity index (χ3n) is 2.79. The van der Waals surface area contributed by atoms with Crippen molar-refractivity contribution < 1.29 is 4.74 Å². The normalized spacial score (nSPS) is 30.8. The molecule has 0 aromatic rings. The molecular weight excluding hydrogens is 182 g/mol. The second-order valence-electron chi connectivity index (χ2n) is 3.74. The summed E-state index contributed by atoms with van der Waals surface area (Å²) < 4.78 is 5.22. The molecule has 0 spiro atoms. The molecule has 2 heterocycles. The zero-order chi connectivity index (χ0) is 9.10. The Labute approximate surface area is 83.9 Å². The predicted octanol–water partition coefficient (Wildman–Crippen LogP) is 1.90. The summed E-state index contributed by atoms with van der Waals surface area (Å²) in [6.45, 7) is 0.834. The van der Waals surface area contributed by atoms with E-state index in [0.29, 0.717) is 5.25 Å². The Morgan fingerprint density at radius 3 is 3.08 bits per heavy atom. The molecule has 2 unspecified atom stereocenters. The Kier molecular flexibility index (Phi) is 3.17. The van der Waals surface area contributed by atoms with E-state index in [1.807, 2.05) is 18.0 Å². The Hall–Kier alpha value is -0.150. The summed E-state index contributed by atoms with van der Waals surface area (Å²) in [6.07, 6.45) is 6.91. The van der Waals surface area contributed by atoms with Crippen molar-refractivity contribution in [2.24, 2.45) is 5.73 Å². The van der Waals surface area contributed by atoms with E-state index in [1.165, 1.54) is 30.6 Å². The Bertz CT molecular complexity index is 199. The summed E-state index contributed by atoms with van der Waals surface area (Å²) in [7, 11) is 0. The average molecular weight is 199 g/mol. The standard InChI is InChI=1S/C10H17NOS/c11-10(8-4-5-12-7-8)9-3-1-2-6-13-9/h7,9-10H,1-6,11H2. The first-order valence-corrected chi connectivity index (χ1v) is 6.10. The van der Waals surface area contributed by atoms with Gasteiger partial charge >= 0.3 is 0 Å². The van der Waals surface area contributed by atoms with E-state index < -0.39 is 0 Å². The van der Waals surface area contributed by atoms with E-state index in [-0.39, 0.29) is 6.04 Å². The first-order valence-electron chi connectivity index (χ1n) is 5.05. The van der Waals surface area contributed by atoms with Crippen molar-refractivity contribution in [1.29, 1.82) is 0 Å². The maximum absolute atomic E-state index is 6.18. The van der Waals surface area contributed by atoms with E-state index in [4.69, 9.17) is 10.5 Å². The van der Waals surface area contributed by atoms with Gasteiger partial charge in [-0.2, -0.15) is 11.8 Å². The van der Waals surface area contributed by atoms with Crippen molar-refractivity contribution in [3.63, 3.8) is 0 Å². The molecule has 2 aliphatic heterocycles. The highest BCUT2D eigenvalue weighted by atomic mass is 32.2. The minimum absolute atomic E-state index is 0.243. The van der Waals surface area contributed by atoms with Crippen molar-refractivity contribution in [3.05, 3.63) is 11.8 Å². The van der Waals surface area contributed by atoms with E-state index >= 15 is 0 Å². The zero-order valence-corrected chi connectivity index (χ0v) is 8.69. The number of hydrogen-bond acceptors (Lipinski definition) is 3. The lowest BCUT2D eigenvalue weighted by Gasteiger charge is -2.27. The second-order valence-corrected chi connectivity index (χ2v) is 5.09. The molecule has 1 saturated heterocycles. The molecule has 0 saturated carbocycles. The SMILES string of the molecule is NC(C1=COCC1)C1CCCCS1. The van der Waals surface area contributed by atoms with Crippen LogP contribution in [0.3, 0.4) is 0 Å². The quantitative estimate of drug-likeness (QED) is 0.738. The summed E-state index contributed by atoms with van der Waals surface area (Å²) >= 11 is 2.04. The molecule has 2 aliphatic rings. The highest BCUT2D eigenvalue weighted by molar-refractivity contribution is 8.00. The summed E-state index contributed by atoms with van der Waals surface area (Å²) in [4.78, 5) is 0. The molecule has 0 bridgehead atoms. The molecule has 0 aliphatic carbocycles. The Balaban J connectivity index is 1.90. The third-order valence-corrected chi connectivity index (χ3v) is 4.27. The van der Waals surface area contributed by atoms with E-state index in [9.17, 15) is 0 Å². The molecule has 2 nitrogen and oxygen atoms in total. The van der Waals surface area contributed by atoms with Gasteiger partial charge in [-0.1, -0.05) is 6.42 Å². The first-order chi connectivity index (χ1) is 6.38. The minimum atomic E-state index is 0.243. The highest BCUT2D eigenvalue weighted by Gasteiger charge is 2.25. The number of nitrogens with two attached hydrogens (primary N) is 1. The van der Waals surface area contributed by atoms with Gasteiger partial charge in [0.15, 0.2) is 0 Å². The molecule has 0 amide bonds. The van der Waals surface area contributed by atoms with Crippen molar-refractivity contribution >= 4 is 11.8 Å². The maximum Gasteiger partial charge on any atom is 0.0912 e. The fourth-order valence-electron chi connectivity index (χ4n) is 1.93. The topological polar surface area (TPSA) is 35.2 Å². The molecule has 2 rings (SSSR count). The summed E-state index contributed by atoms with van der Waals surface area (Å²) in [5.74, 6) is 1.28. The minimum Gasteiger partial charge on any atom is -0.501 e. The Morgan fingerprint density at radius 2 is 2.46 bits per heavy atom. The highest BCUT2D eigenvalue weighted by Crippen LogP contribution is 2.30. The van der Waals surface area contributed by atoms with Gasteiger partial charge in [-0.05, 0) is 24.2 Å². The van der Waals surface area contributed by atoms with Crippen molar-refractivity contribution in [2.75, 3.05) is 12.4 Å². The molecule has 0 aromatic carbocycles. The van der Waals surface area contributed by atoms with Crippen molar-refractivity contribution in [2.45, 2.75) is 37.0 Å². The lowest BCUT2D eigenvalue weighted by molar-refractivity contribution is 0.281. The van der Waals surface area contributed by atoms with Gasteiger partial charge in [-0.15, -0.1) is 0 Å². The lowest BCUT2D eigenvalue weighted by Crippen LogP contribution is -2.35. The van der Waals surface area contributed by atoms with Gasteiger partial charge < -0.3 is 10.5 Å². The Morgan fingerprint density at radius 1 is 1.54 bits per heavy atom. The van der Waals surface area contributed by atoms with Crippen LogP contribution in [0, 0.1) is 0 Å². The van der Waals surface area contributed by atoms with Crippen LogP contribution in [0.15, 0.2) is 11.8 Å². The summed E-state index contributed by atoms with van der Waals surface area (Å²) in [6, 6.07) is 0.243. The van der Waals surface area contributed by atoms with E-state index in [1.54, 1.807) is 0 Å². The predicted molar refractivity (Wildman–Crippen MR) is 56.7 cm³/mol. The van der Waals surface area contributed by atoms with Crippen LogP contribution in [-0.4, -0.2) is 23.7 Å². The number of thioether (sulfide) groups is 1. The lowest BCUT2D eigenvalue weighted by atomic mass is 10.00. The van der Waals surface area contributed by atoms with E-state index in [0.717, 1.165) is 13.0 Å². The first kappa shape index (κ1) is 9.41. The summed E-state index contributed by atoms with van der Waals surface area (Å²) in [5.41, 5.74) is 7.50. The van der Waals surface area contributed by atoms with Crippen molar-refractivity contribution in [3.8, 4) is 0 Å². The molecular formula is C10H17NOS. The monoisotopic (exact) mass is 199 g/mol. The summed E-state index contributed by atoms with van der Waals surface area (Å²) in [5, 5.41) is 0.640. The maximum atomic E-state index is 6.18. The van der Waals surface area contributed by atoms with Crippen LogP contribution < -0.4 is 5.73 Å². The molecule has 3 heteroatoms. The fraction of sp³-hybridized carbons (Fsp3) is 0.800. The van der Waals surface area contributed by atoms with Crippen LogP contribution in [-0.2, 0) is 4.74 Å². The zero-order valence-electron chi connectivity index (χ0n) is 7.87. The molecule has 1 fully saturated rings. The average Bonchev–Trinajstić information content (AvgIpc) is 2.71. The molecule has 13 heavy (non-hydrogen) atoms. The van der Waals surface area contributed by atoms with Gasteiger partial charge in [0.2, 0.25) is 0 Å². The number of hydrogen-bond donors (Lipinski definition) is 1. The second kappa shape index (κ2) is 4.38. The van der Waals surface area contributed by atoms with Crippen LogP contribution in [0.4, 0.5) is 0 Å². The van der Waals surface area contributed by atoms with Gasteiger partial charge in [0, 0.05) is 17.7 Å². The molecule has 2 N–H and O–H groups in total. The fourth-order valence-corrected chi connectivity index (χ4v) is 3.32. The van der Waals surface area contributed by atoms with Gasteiger partial charge in [-0.25, -0.2) is 0 Å². The molecule has 74 valence electrons. The smallest absolute Gasteiger partial charge is 0.0912 e. The van der Waals surface area contributed by atoms with Gasteiger partial charge in [0.25, 0.3) is 0 Å². The molecule has 0 aromatic heterocycles. The number of rotatable bonds is 2. The molecule has 2 atom stereocenters. The van der Waals surface area contributed by atoms with Crippen LogP contribution in [0.5, 0.6) is 0 Å². The third kappa shape index (κ3) is 2.20. The van der Waals surface area contributed by atoms with Gasteiger partial charge in [-0.3, -0.25) is 0 Å². The van der Waals surface area contributed by atoms with E-state index in [2.05, 4.69) is 0 Å². The van der Waals surface area contributed by atoms with Crippen LogP contribution in [0.2, 0.25) is 0 Å². The van der Waals surface area contributed by atoms with Gasteiger partial charge in [0.1, 0.15) is 0 Å². The van der Waals surface area contributed by atoms with Crippen LogP contribution in [0.1, 0.15) is 25.7 Å². The largest absolute Gasteiger partial charge is 0.501 e. The number of ether oxygens (including phenoxy) is 1. The van der Waals surface area contributed by atoms with Crippen molar-refractivity contribution in [1.82, 2.24) is 0 Å². The van der Waals surface area contributed by atoms with Gasteiger partial charge in [0.05, 0.1) is 12.9 Å².